The summed E-state index contributed by atoms with van der Waals surface area (Å²) in [6.45, 7) is 0. The Morgan fingerprint density at radius 3 is 2.00 bits per heavy atom. The predicted molar refractivity (Wildman–Crippen MR) is 59.6 cm³/mol. The van der Waals surface area contributed by atoms with Crippen molar-refractivity contribution < 1.29 is 8.42 Å². The van der Waals surface area contributed by atoms with Gasteiger partial charge in [-0.15, -0.1) is 0 Å². The van der Waals surface area contributed by atoms with Crippen LogP contribution in [0.25, 0.3) is 0 Å². The molecule has 0 radical (unpaired) electrons. The zero-order chi connectivity index (χ0) is 10.9. The van der Waals surface area contributed by atoms with Gasteiger partial charge in [0.1, 0.15) is 4.90 Å². The summed E-state index contributed by atoms with van der Waals surface area (Å²) in [7, 11) is 1.37. The average Bonchev–Trinajstić information content (AvgIpc) is 1.99. The van der Waals surface area contributed by atoms with Crippen LogP contribution in [0.1, 0.15) is 5.56 Å². The largest absolute Gasteiger partial charge is 0.263 e. The van der Waals surface area contributed by atoms with E-state index in [1.807, 2.05) is 6.07 Å². The van der Waals surface area contributed by atoms with E-state index in [1.54, 1.807) is 0 Å². The van der Waals surface area contributed by atoms with E-state index < -0.39 is 9.05 Å². The second kappa shape index (κ2) is 4.19. The Balaban J connectivity index is 3.59. The van der Waals surface area contributed by atoms with Crippen LogP contribution < -0.4 is 0 Å². The quantitative estimate of drug-likeness (QED) is 0.724. The van der Waals surface area contributed by atoms with Crippen LogP contribution in [0.5, 0.6) is 0 Å². The highest BCUT2D eigenvalue weighted by Gasteiger charge is 2.19. The second-order valence-corrected chi connectivity index (χ2v) is 6.53. The first kappa shape index (κ1) is 12.0. The Bertz CT molecular complexity index is 498. The summed E-state index contributed by atoms with van der Waals surface area (Å²) in [6.07, 6.45) is 0. The molecule has 0 atom stereocenters. The molecule has 0 aliphatic rings. The topological polar surface area (TPSA) is 57.9 Å². The molecule has 0 fully saturated rings. The van der Waals surface area contributed by atoms with E-state index in [-0.39, 0.29) is 13.8 Å². The first-order valence-electron chi connectivity index (χ1n) is 3.20. The summed E-state index contributed by atoms with van der Waals surface area (Å²) < 4.78 is 22.7. The van der Waals surface area contributed by atoms with E-state index in [4.69, 9.17) is 15.9 Å². The van der Waals surface area contributed by atoms with Gasteiger partial charge in [0.05, 0.1) is 11.6 Å². The molecule has 0 bridgehead atoms. The molecule has 1 aromatic carbocycles. The monoisotopic (exact) mass is 357 g/mol. The molecule has 1 rings (SSSR count). The lowest BCUT2D eigenvalue weighted by molar-refractivity contribution is 0.608. The maximum Gasteiger partial charge on any atom is 0.263 e. The van der Waals surface area contributed by atoms with Gasteiger partial charge in [0.25, 0.3) is 9.05 Å². The Morgan fingerprint density at radius 1 is 1.29 bits per heavy atom. The molecule has 0 aliphatic heterocycles. The lowest BCUT2D eigenvalue weighted by Crippen LogP contribution is -1.94. The summed E-state index contributed by atoms with van der Waals surface area (Å²) in [5.41, 5.74) is 0.341. The van der Waals surface area contributed by atoms with Crippen molar-refractivity contribution in [3.8, 4) is 6.07 Å². The van der Waals surface area contributed by atoms with E-state index in [0.29, 0.717) is 5.56 Å². The standard InChI is InChI=1S/C7H2Br2ClNO2S/c8-5-1-4(3-11)2-6(9)7(5)14(10,12)13/h1-2H. The summed E-state index contributed by atoms with van der Waals surface area (Å²) in [5.74, 6) is 0. The lowest BCUT2D eigenvalue weighted by Gasteiger charge is -2.03. The number of hydrogen-bond donors (Lipinski definition) is 0. The third-order valence-corrected chi connectivity index (χ3v) is 4.54. The molecule has 7 heteroatoms. The average molecular weight is 359 g/mol. The minimum absolute atomic E-state index is 0.0711. The van der Waals surface area contributed by atoms with Gasteiger partial charge in [-0.2, -0.15) is 5.26 Å². The van der Waals surface area contributed by atoms with Gasteiger partial charge in [0, 0.05) is 19.6 Å². The molecule has 14 heavy (non-hydrogen) atoms. The van der Waals surface area contributed by atoms with Crippen LogP contribution in [0, 0.1) is 11.3 Å². The van der Waals surface area contributed by atoms with E-state index >= 15 is 0 Å². The number of nitrogens with zero attached hydrogens (tertiary/aromatic N) is 1. The molecule has 74 valence electrons. The minimum Gasteiger partial charge on any atom is -0.207 e. The van der Waals surface area contributed by atoms with Crippen molar-refractivity contribution in [1.29, 1.82) is 5.26 Å². The normalized spacial score (nSPS) is 11.0. The fourth-order valence-corrected chi connectivity index (χ4v) is 4.96. The third kappa shape index (κ3) is 2.48. The van der Waals surface area contributed by atoms with Gasteiger partial charge in [-0.3, -0.25) is 0 Å². The van der Waals surface area contributed by atoms with Crippen molar-refractivity contribution >= 4 is 51.6 Å². The molecule has 0 heterocycles. The molecule has 0 N–H and O–H groups in total. The van der Waals surface area contributed by atoms with Gasteiger partial charge in [0.2, 0.25) is 0 Å². The first-order chi connectivity index (χ1) is 6.36. The highest BCUT2D eigenvalue weighted by molar-refractivity contribution is 9.11. The highest BCUT2D eigenvalue weighted by Crippen LogP contribution is 2.33. The molecule has 0 saturated heterocycles. The van der Waals surface area contributed by atoms with Crippen LogP contribution in [0.3, 0.4) is 0 Å². The smallest absolute Gasteiger partial charge is 0.207 e. The maximum atomic E-state index is 11.1. The fourth-order valence-electron chi connectivity index (χ4n) is 0.857. The van der Waals surface area contributed by atoms with E-state index in [2.05, 4.69) is 31.9 Å². The fraction of sp³-hybridized carbons (Fsp3) is 0. The van der Waals surface area contributed by atoms with E-state index in [9.17, 15) is 8.42 Å². The second-order valence-electron chi connectivity index (χ2n) is 2.32. The zero-order valence-electron chi connectivity index (χ0n) is 6.46. The Morgan fingerprint density at radius 2 is 1.71 bits per heavy atom. The Kier molecular flexibility index (Phi) is 3.58. The summed E-state index contributed by atoms with van der Waals surface area (Å²) in [4.78, 5) is -0.0711. The summed E-state index contributed by atoms with van der Waals surface area (Å²) >= 11 is 6.06. The summed E-state index contributed by atoms with van der Waals surface area (Å²) in [5, 5.41) is 8.61. The van der Waals surface area contributed by atoms with Crippen molar-refractivity contribution in [2.24, 2.45) is 0 Å². The van der Waals surface area contributed by atoms with Crippen LogP contribution in [0.4, 0.5) is 0 Å². The number of nitriles is 1. The third-order valence-electron chi connectivity index (χ3n) is 1.37. The number of rotatable bonds is 1. The molecule has 0 saturated carbocycles. The Labute approximate surface area is 102 Å². The Hall–Kier alpha value is -0.0900. The molecule has 0 aromatic heterocycles. The van der Waals surface area contributed by atoms with Crippen LogP contribution in [0.15, 0.2) is 26.0 Å². The van der Waals surface area contributed by atoms with Gasteiger partial charge < -0.3 is 0 Å². The molecule has 0 spiro atoms. The molecule has 0 unspecified atom stereocenters. The van der Waals surface area contributed by atoms with E-state index in [1.165, 1.54) is 12.1 Å². The number of halogens is 3. The van der Waals surface area contributed by atoms with Crippen molar-refractivity contribution in [3.05, 3.63) is 26.6 Å². The zero-order valence-corrected chi connectivity index (χ0v) is 11.2. The van der Waals surface area contributed by atoms with Gasteiger partial charge in [-0.25, -0.2) is 8.42 Å². The van der Waals surface area contributed by atoms with Crippen LogP contribution >= 0.6 is 42.5 Å². The summed E-state index contributed by atoms with van der Waals surface area (Å²) in [6, 6.07) is 4.67. The van der Waals surface area contributed by atoms with Gasteiger partial charge in [-0.1, -0.05) is 0 Å². The van der Waals surface area contributed by atoms with Crippen LogP contribution in [0.2, 0.25) is 0 Å². The van der Waals surface area contributed by atoms with Crippen molar-refractivity contribution in [1.82, 2.24) is 0 Å². The minimum atomic E-state index is -3.82. The van der Waals surface area contributed by atoms with Gasteiger partial charge in [0.15, 0.2) is 0 Å². The lowest BCUT2D eigenvalue weighted by atomic mass is 10.2. The highest BCUT2D eigenvalue weighted by atomic mass is 79.9. The number of hydrogen-bond acceptors (Lipinski definition) is 3. The van der Waals surface area contributed by atoms with E-state index in [0.717, 1.165) is 0 Å². The maximum absolute atomic E-state index is 11.1. The van der Waals surface area contributed by atoms with Crippen LogP contribution in [-0.2, 0) is 9.05 Å². The molecular weight excluding hydrogens is 357 g/mol. The first-order valence-corrected chi connectivity index (χ1v) is 7.09. The molecular formula is C7H2Br2ClNO2S. The van der Waals surface area contributed by atoms with Crippen molar-refractivity contribution in [2.45, 2.75) is 4.90 Å². The van der Waals surface area contributed by atoms with Crippen molar-refractivity contribution in [3.63, 3.8) is 0 Å². The van der Waals surface area contributed by atoms with Gasteiger partial charge in [-0.05, 0) is 44.0 Å². The predicted octanol–water partition coefficient (Wildman–Crippen LogP) is 3.01. The SMILES string of the molecule is N#Cc1cc(Br)c(S(=O)(=O)Cl)c(Br)c1. The van der Waals surface area contributed by atoms with Gasteiger partial charge >= 0.3 is 0 Å². The molecule has 0 amide bonds. The van der Waals surface area contributed by atoms with Crippen molar-refractivity contribution in [2.75, 3.05) is 0 Å². The molecule has 1 aromatic rings. The number of benzene rings is 1. The molecule has 0 aliphatic carbocycles. The molecule has 3 nitrogen and oxygen atoms in total. The van der Waals surface area contributed by atoms with Crippen LogP contribution in [-0.4, -0.2) is 8.42 Å².